The first-order valence-electron chi connectivity index (χ1n) is 10.5. The number of benzene rings is 2. The van der Waals surface area contributed by atoms with Crippen molar-refractivity contribution < 1.29 is 15.0 Å². The molecule has 0 aliphatic heterocycles. The van der Waals surface area contributed by atoms with E-state index in [0.717, 1.165) is 11.1 Å². The number of pyridine rings is 1. The Labute approximate surface area is 186 Å². The third-order valence-corrected chi connectivity index (χ3v) is 5.53. The monoisotopic (exact) mass is 430 g/mol. The summed E-state index contributed by atoms with van der Waals surface area (Å²) in [5.41, 5.74) is 4.04. The molecule has 0 saturated carbocycles. The average molecular weight is 431 g/mol. The summed E-state index contributed by atoms with van der Waals surface area (Å²) < 4.78 is 1.66. The van der Waals surface area contributed by atoms with E-state index in [2.05, 4.69) is 10.4 Å². The molecule has 7 nitrogen and oxygen atoms in total. The van der Waals surface area contributed by atoms with Gasteiger partial charge in [0, 0.05) is 12.6 Å². The second-order valence-electron chi connectivity index (χ2n) is 7.84. The molecule has 0 aliphatic rings. The van der Waals surface area contributed by atoms with E-state index in [1.807, 2.05) is 67.6 Å². The lowest BCUT2D eigenvalue weighted by Crippen LogP contribution is -2.38. The number of carbonyl (C=O) groups excluding carboxylic acids is 1. The number of hydrogen-bond donors (Lipinski definition) is 3. The maximum absolute atomic E-state index is 13.3. The molecule has 4 rings (SSSR count). The van der Waals surface area contributed by atoms with Crippen LogP contribution in [-0.4, -0.2) is 43.5 Å². The first kappa shape index (κ1) is 21.7. The largest absolute Gasteiger partial charge is 0.394 e. The van der Waals surface area contributed by atoms with Crippen LogP contribution < -0.4 is 5.32 Å². The molecular formula is C25H26N4O3. The molecule has 0 aliphatic carbocycles. The summed E-state index contributed by atoms with van der Waals surface area (Å²) in [7, 11) is 1.80. The van der Waals surface area contributed by atoms with Crippen molar-refractivity contribution >= 4 is 16.9 Å². The van der Waals surface area contributed by atoms with Crippen LogP contribution in [0.2, 0.25) is 0 Å². The summed E-state index contributed by atoms with van der Waals surface area (Å²) >= 11 is 0. The molecule has 0 bridgehead atoms. The number of rotatable bonds is 7. The van der Waals surface area contributed by atoms with Crippen LogP contribution in [0.15, 0.2) is 66.7 Å². The maximum Gasteiger partial charge on any atom is 0.252 e. The number of carbonyl (C=O) groups is 1. The van der Waals surface area contributed by atoms with Gasteiger partial charge in [-0.1, -0.05) is 60.7 Å². The minimum atomic E-state index is -0.800. The lowest BCUT2D eigenvalue weighted by molar-refractivity contribution is 0.0867. The molecule has 4 aromatic rings. The summed E-state index contributed by atoms with van der Waals surface area (Å²) in [5.74, 6) is -0.343. The molecule has 1 amide bonds. The van der Waals surface area contributed by atoms with E-state index >= 15 is 0 Å². The van der Waals surface area contributed by atoms with Gasteiger partial charge in [-0.25, -0.2) is 4.98 Å². The molecule has 2 atom stereocenters. The third-order valence-electron chi connectivity index (χ3n) is 5.53. The van der Waals surface area contributed by atoms with Crippen molar-refractivity contribution in [1.82, 2.24) is 20.1 Å². The Morgan fingerprint density at radius 1 is 1.09 bits per heavy atom. The number of amides is 1. The van der Waals surface area contributed by atoms with Crippen LogP contribution in [-0.2, 0) is 7.05 Å². The Kier molecular flexibility index (Phi) is 6.30. The van der Waals surface area contributed by atoms with E-state index in [1.165, 1.54) is 0 Å². The number of nitrogens with zero attached hydrogens (tertiary/aromatic N) is 3. The first-order valence-corrected chi connectivity index (χ1v) is 10.5. The zero-order valence-electron chi connectivity index (χ0n) is 18.1. The summed E-state index contributed by atoms with van der Waals surface area (Å²) in [5, 5.41) is 28.4. The highest BCUT2D eigenvalue weighted by molar-refractivity contribution is 6.07. The van der Waals surface area contributed by atoms with Crippen LogP contribution >= 0.6 is 0 Å². The Balaban J connectivity index is 1.66. The van der Waals surface area contributed by atoms with Crippen LogP contribution in [0, 0.1) is 6.92 Å². The number of aryl methyl sites for hydroxylation is 2. The minimum absolute atomic E-state index is 0.193. The van der Waals surface area contributed by atoms with Crippen molar-refractivity contribution in [3.8, 4) is 11.3 Å². The van der Waals surface area contributed by atoms with Crippen molar-refractivity contribution in [1.29, 1.82) is 0 Å². The SMILES string of the molecule is Cc1nn(C)c2nc(-c3ccccc3)cc(C(=O)N[C@H](CO)C[C@@H](O)c3ccccc3)c12. The van der Waals surface area contributed by atoms with Crippen molar-refractivity contribution in [3.63, 3.8) is 0 Å². The van der Waals surface area contributed by atoms with Gasteiger partial charge in [0.2, 0.25) is 0 Å². The molecular weight excluding hydrogens is 404 g/mol. The highest BCUT2D eigenvalue weighted by Gasteiger charge is 2.23. The molecule has 164 valence electrons. The van der Waals surface area contributed by atoms with Gasteiger partial charge in [-0.05, 0) is 25.0 Å². The first-order chi connectivity index (χ1) is 15.5. The smallest absolute Gasteiger partial charge is 0.252 e. The molecule has 32 heavy (non-hydrogen) atoms. The van der Waals surface area contributed by atoms with Crippen molar-refractivity contribution in [3.05, 3.63) is 83.6 Å². The van der Waals surface area contributed by atoms with Gasteiger partial charge in [0.25, 0.3) is 5.91 Å². The summed E-state index contributed by atoms with van der Waals surface area (Å²) in [6.07, 6.45) is -0.607. The Hall–Kier alpha value is -3.55. The molecule has 0 radical (unpaired) electrons. The average Bonchev–Trinajstić information content (AvgIpc) is 3.12. The van der Waals surface area contributed by atoms with Crippen LogP contribution in [0.5, 0.6) is 0 Å². The second-order valence-corrected chi connectivity index (χ2v) is 7.84. The van der Waals surface area contributed by atoms with Crippen molar-refractivity contribution in [2.75, 3.05) is 6.61 Å². The fourth-order valence-electron chi connectivity index (χ4n) is 3.90. The fraction of sp³-hybridized carbons (Fsp3) is 0.240. The molecule has 0 spiro atoms. The molecule has 7 heteroatoms. The summed E-state index contributed by atoms with van der Waals surface area (Å²) in [6, 6.07) is 20.0. The van der Waals surface area contributed by atoms with Gasteiger partial charge in [0.1, 0.15) is 0 Å². The minimum Gasteiger partial charge on any atom is -0.394 e. The molecule has 2 aromatic carbocycles. The topological polar surface area (TPSA) is 100 Å². The number of aliphatic hydroxyl groups is 2. The molecule has 2 aromatic heterocycles. The van der Waals surface area contributed by atoms with Crippen LogP contribution in [0.4, 0.5) is 0 Å². The predicted octanol–water partition coefficient (Wildman–Crippen LogP) is 3.16. The standard InChI is InChI=1S/C25H26N4O3/c1-16-23-20(14-21(17-9-5-3-6-10-17)27-24(23)29(2)28-16)25(32)26-19(15-30)13-22(31)18-11-7-4-8-12-18/h3-12,14,19,22,30-31H,13,15H2,1-2H3,(H,26,32)/t19-,22+/m0/s1. The normalized spacial score (nSPS) is 13.1. The van der Waals surface area contributed by atoms with E-state index < -0.39 is 12.1 Å². The number of nitrogens with one attached hydrogen (secondary N) is 1. The highest BCUT2D eigenvalue weighted by atomic mass is 16.3. The zero-order valence-corrected chi connectivity index (χ0v) is 18.1. The van der Waals surface area contributed by atoms with Gasteiger partial charge in [0.05, 0.1) is 41.1 Å². The van der Waals surface area contributed by atoms with Crippen LogP contribution in [0.1, 0.15) is 34.1 Å². The van der Waals surface area contributed by atoms with Crippen molar-refractivity contribution in [2.24, 2.45) is 7.05 Å². The fourth-order valence-corrected chi connectivity index (χ4v) is 3.90. The number of aromatic nitrogens is 3. The number of aliphatic hydroxyl groups excluding tert-OH is 2. The Morgan fingerprint density at radius 2 is 1.75 bits per heavy atom. The molecule has 0 fully saturated rings. The third kappa shape index (κ3) is 4.39. The maximum atomic E-state index is 13.3. The molecule has 3 N–H and O–H groups in total. The quantitative estimate of drug-likeness (QED) is 0.418. The number of hydrogen-bond acceptors (Lipinski definition) is 5. The van der Waals surface area contributed by atoms with E-state index in [1.54, 1.807) is 17.8 Å². The van der Waals surface area contributed by atoms with Crippen LogP contribution in [0.25, 0.3) is 22.3 Å². The molecule has 0 saturated heterocycles. The highest BCUT2D eigenvalue weighted by Crippen LogP contribution is 2.27. The number of fused-ring (bicyclic) bond motifs is 1. The van der Waals surface area contributed by atoms with E-state index in [9.17, 15) is 15.0 Å². The summed E-state index contributed by atoms with van der Waals surface area (Å²) in [4.78, 5) is 18.0. The van der Waals surface area contributed by atoms with E-state index in [4.69, 9.17) is 4.98 Å². The second kappa shape index (κ2) is 9.30. The van der Waals surface area contributed by atoms with Gasteiger partial charge in [0.15, 0.2) is 5.65 Å². The van der Waals surface area contributed by atoms with Gasteiger partial charge < -0.3 is 15.5 Å². The Morgan fingerprint density at radius 3 is 2.41 bits per heavy atom. The van der Waals surface area contributed by atoms with Crippen molar-refractivity contribution in [2.45, 2.75) is 25.5 Å². The van der Waals surface area contributed by atoms with Gasteiger partial charge >= 0.3 is 0 Å². The zero-order chi connectivity index (χ0) is 22.7. The van der Waals surface area contributed by atoms with Gasteiger partial charge in [-0.15, -0.1) is 0 Å². The van der Waals surface area contributed by atoms with Gasteiger partial charge in [-0.2, -0.15) is 5.10 Å². The Bertz CT molecular complexity index is 1220. The van der Waals surface area contributed by atoms with Crippen LogP contribution in [0.3, 0.4) is 0 Å². The predicted molar refractivity (Wildman–Crippen MR) is 123 cm³/mol. The lowest BCUT2D eigenvalue weighted by Gasteiger charge is -2.20. The van der Waals surface area contributed by atoms with E-state index in [-0.39, 0.29) is 18.9 Å². The molecule has 2 heterocycles. The van der Waals surface area contributed by atoms with E-state index in [0.29, 0.717) is 28.0 Å². The van der Waals surface area contributed by atoms with Gasteiger partial charge in [-0.3, -0.25) is 9.48 Å². The molecule has 0 unspecified atom stereocenters. The lowest BCUT2D eigenvalue weighted by atomic mass is 10.0. The summed E-state index contributed by atoms with van der Waals surface area (Å²) in [6.45, 7) is 1.55.